The minimum atomic E-state index is -0.0978. The van der Waals surface area contributed by atoms with Gasteiger partial charge in [0.05, 0.1) is 6.61 Å². The molecule has 0 unspecified atom stereocenters. The summed E-state index contributed by atoms with van der Waals surface area (Å²) in [6.07, 6.45) is 5.77. The van der Waals surface area contributed by atoms with Crippen LogP contribution < -0.4 is 10.1 Å². The summed E-state index contributed by atoms with van der Waals surface area (Å²) >= 11 is 5.49. The molecular weight excluding hydrogens is 262 g/mol. The maximum Gasteiger partial charge on any atom is 0.251 e. The van der Waals surface area contributed by atoms with Gasteiger partial charge in [-0.25, -0.2) is 0 Å². The fourth-order valence-electron chi connectivity index (χ4n) is 1.44. The molecule has 1 N–H and O–H groups in total. The number of rotatable bonds is 8. The SMILES string of the molecule is CCCCOc1ccc(C(=O)NC/C=C/CCl)cc1. The van der Waals surface area contributed by atoms with Gasteiger partial charge in [0.1, 0.15) is 5.75 Å². The number of nitrogens with one attached hydrogen (secondary N) is 1. The number of benzene rings is 1. The number of ether oxygens (including phenoxy) is 1. The summed E-state index contributed by atoms with van der Waals surface area (Å²) in [5.41, 5.74) is 0.627. The van der Waals surface area contributed by atoms with Crippen LogP contribution >= 0.6 is 11.6 Å². The van der Waals surface area contributed by atoms with Gasteiger partial charge >= 0.3 is 0 Å². The quantitative estimate of drug-likeness (QED) is 0.451. The van der Waals surface area contributed by atoms with E-state index in [-0.39, 0.29) is 5.91 Å². The van der Waals surface area contributed by atoms with E-state index in [4.69, 9.17) is 16.3 Å². The van der Waals surface area contributed by atoms with Crippen LogP contribution in [0.1, 0.15) is 30.1 Å². The van der Waals surface area contributed by atoms with Gasteiger partial charge in [-0.15, -0.1) is 11.6 Å². The van der Waals surface area contributed by atoms with Gasteiger partial charge in [-0.05, 0) is 30.7 Å². The van der Waals surface area contributed by atoms with Gasteiger partial charge < -0.3 is 10.1 Å². The monoisotopic (exact) mass is 281 g/mol. The molecule has 0 aliphatic heterocycles. The second-order valence-electron chi connectivity index (χ2n) is 4.06. The Morgan fingerprint density at radius 2 is 2.05 bits per heavy atom. The number of carbonyl (C=O) groups excluding carboxylic acids is 1. The fraction of sp³-hybridized carbons (Fsp3) is 0.400. The Hall–Kier alpha value is -1.48. The summed E-state index contributed by atoms with van der Waals surface area (Å²) < 4.78 is 5.54. The maximum absolute atomic E-state index is 11.8. The molecule has 0 fully saturated rings. The fourth-order valence-corrected chi connectivity index (χ4v) is 1.56. The maximum atomic E-state index is 11.8. The van der Waals surface area contributed by atoms with Crippen molar-refractivity contribution in [3.05, 3.63) is 42.0 Å². The molecule has 19 heavy (non-hydrogen) atoms. The second-order valence-corrected chi connectivity index (χ2v) is 4.37. The summed E-state index contributed by atoms with van der Waals surface area (Å²) in [4.78, 5) is 11.8. The zero-order valence-corrected chi connectivity index (χ0v) is 12.0. The van der Waals surface area contributed by atoms with Crippen molar-refractivity contribution in [3.63, 3.8) is 0 Å². The van der Waals surface area contributed by atoms with Gasteiger partial charge in [-0.1, -0.05) is 25.5 Å². The molecule has 0 aliphatic carbocycles. The Balaban J connectivity index is 2.41. The van der Waals surface area contributed by atoms with Crippen molar-refractivity contribution in [2.45, 2.75) is 19.8 Å². The predicted molar refractivity (Wildman–Crippen MR) is 79.0 cm³/mol. The summed E-state index contributed by atoms with van der Waals surface area (Å²) in [5.74, 6) is 1.16. The highest BCUT2D eigenvalue weighted by Crippen LogP contribution is 2.12. The summed E-state index contributed by atoms with van der Waals surface area (Å²) in [7, 11) is 0. The Labute approximate surface area is 119 Å². The number of alkyl halides is 1. The highest BCUT2D eigenvalue weighted by Gasteiger charge is 2.03. The normalized spacial score (nSPS) is 10.6. The van der Waals surface area contributed by atoms with Crippen molar-refractivity contribution < 1.29 is 9.53 Å². The van der Waals surface area contributed by atoms with Crippen molar-refractivity contribution >= 4 is 17.5 Å². The first-order valence-corrected chi connectivity index (χ1v) is 7.03. The van der Waals surface area contributed by atoms with Gasteiger partial charge in [0.25, 0.3) is 5.91 Å². The van der Waals surface area contributed by atoms with E-state index in [1.165, 1.54) is 0 Å². The van der Waals surface area contributed by atoms with Crippen LogP contribution in [0.2, 0.25) is 0 Å². The first-order valence-electron chi connectivity index (χ1n) is 6.50. The first-order chi connectivity index (χ1) is 9.27. The minimum Gasteiger partial charge on any atom is -0.494 e. The van der Waals surface area contributed by atoms with Crippen molar-refractivity contribution in [2.75, 3.05) is 19.0 Å². The lowest BCUT2D eigenvalue weighted by molar-refractivity contribution is 0.0958. The Bertz CT molecular complexity index is 401. The molecule has 0 saturated carbocycles. The molecule has 0 aromatic heterocycles. The molecule has 0 heterocycles. The van der Waals surface area contributed by atoms with E-state index in [1.54, 1.807) is 18.2 Å². The van der Waals surface area contributed by atoms with Gasteiger partial charge in [0, 0.05) is 18.0 Å². The molecule has 0 radical (unpaired) electrons. The van der Waals surface area contributed by atoms with Gasteiger partial charge in [0.15, 0.2) is 0 Å². The van der Waals surface area contributed by atoms with Crippen LogP contribution in [-0.4, -0.2) is 24.9 Å². The minimum absolute atomic E-state index is 0.0978. The van der Waals surface area contributed by atoms with Crippen molar-refractivity contribution in [3.8, 4) is 5.75 Å². The van der Waals surface area contributed by atoms with E-state index in [0.29, 0.717) is 24.6 Å². The highest BCUT2D eigenvalue weighted by molar-refractivity contribution is 6.18. The lowest BCUT2D eigenvalue weighted by atomic mass is 10.2. The van der Waals surface area contributed by atoms with Crippen molar-refractivity contribution in [2.24, 2.45) is 0 Å². The Kier molecular flexibility index (Phi) is 7.75. The second kappa shape index (κ2) is 9.45. The average Bonchev–Trinajstić information content (AvgIpc) is 2.44. The molecule has 0 saturated heterocycles. The number of hydrogen-bond donors (Lipinski definition) is 1. The molecular formula is C15H20ClNO2. The summed E-state index contributed by atoms with van der Waals surface area (Å²) in [6, 6.07) is 7.17. The number of hydrogen-bond acceptors (Lipinski definition) is 2. The largest absolute Gasteiger partial charge is 0.494 e. The zero-order chi connectivity index (χ0) is 13.9. The van der Waals surface area contributed by atoms with Crippen LogP contribution in [-0.2, 0) is 0 Å². The van der Waals surface area contributed by atoms with Crippen LogP contribution in [0.3, 0.4) is 0 Å². The van der Waals surface area contributed by atoms with E-state index >= 15 is 0 Å². The third kappa shape index (κ3) is 6.30. The molecule has 0 bridgehead atoms. The number of halogens is 1. The number of unbranched alkanes of at least 4 members (excludes halogenated alkanes) is 1. The number of carbonyl (C=O) groups is 1. The van der Waals surface area contributed by atoms with Crippen LogP contribution in [0, 0.1) is 0 Å². The van der Waals surface area contributed by atoms with Gasteiger partial charge in [-0.2, -0.15) is 0 Å². The molecule has 1 amide bonds. The highest BCUT2D eigenvalue weighted by atomic mass is 35.5. The van der Waals surface area contributed by atoms with Crippen molar-refractivity contribution in [1.29, 1.82) is 0 Å². The van der Waals surface area contributed by atoms with E-state index in [9.17, 15) is 4.79 Å². The topological polar surface area (TPSA) is 38.3 Å². The molecule has 0 atom stereocenters. The third-order valence-electron chi connectivity index (χ3n) is 2.52. The average molecular weight is 282 g/mol. The lowest BCUT2D eigenvalue weighted by Crippen LogP contribution is -2.23. The first kappa shape index (κ1) is 15.6. The van der Waals surface area contributed by atoms with E-state index in [1.807, 2.05) is 18.2 Å². The summed E-state index contributed by atoms with van der Waals surface area (Å²) in [5, 5.41) is 2.78. The molecule has 3 nitrogen and oxygen atoms in total. The van der Waals surface area contributed by atoms with Crippen LogP contribution in [0.5, 0.6) is 5.75 Å². The van der Waals surface area contributed by atoms with E-state index in [2.05, 4.69) is 12.2 Å². The predicted octanol–water partition coefficient (Wildman–Crippen LogP) is 3.39. The number of allylic oxidation sites excluding steroid dienone is 1. The molecule has 1 rings (SSSR count). The number of amides is 1. The molecule has 1 aromatic rings. The van der Waals surface area contributed by atoms with E-state index in [0.717, 1.165) is 18.6 Å². The molecule has 104 valence electrons. The smallest absolute Gasteiger partial charge is 0.251 e. The van der Waals surface area contributed by atoms with Crippen LogP contribution in [0.4, 0.5) is 0 Å². The van der Waals surface area contributed by atoms with Crippen molar-refractivity contribution in [1.82, 2.24) is 5.32 Å². The lowest BCUT2D eigenvalue weighted by Gasteiger charge is -2.06. The standard InChI is InChI=1S/C15H20ClNO2/c1-2-3-12-19-14-8-6-13(7-9-14)15(18)17-11-5-4-10-16/h4-9H,2-3,10-12H2,1H3,(H,17,18)/b5-4+. The Morgan fingerprint density at radius 1 is 1.32 bits per heavy atom. The molecule has 0 aliphatic rings. The van der Waals surface area contributed by atoms with Crippen LogP contribution in [0.25, 0.3) is 0 Å². The zero-order valence-electron chi connectivity index (χ0n) is 11.2. The van der Waals surface area contributed by atoms with Gasteiger partial charge in [0.2, 0.25) is 0 Å². The molecule has 0 spiro atoms. The Morgan fingerprint density at radius 3 is 2.68 bits per heavy atom. The third-order valence-corrected chi connectivity index (χ3v) is 2.70. The summed E-state index contributed by atoms with van der Waals surface area (Å²) in [6.45, 7) is 3.32. The van der Waals surface area contributed by atoms with Gasteiger partial charge in [-0.3, -0.25) is 4.79 Å². The molecule has 1 aromatic carbocycles. The molecule has 4 heteroatoms. The van der Waals surface area contributed by atoms with Crippen LogP contribution in [0.15, 0.2) is 36.4 Å². The van der Waals surface area contributed by atoms with E-state index < -0.39 is 0 Å².